The summed E-state index contributed by atoms with van der Waals surface area (Å²) in [5.41, 5.74) is 2.83. The van der Waals surface area contributed by atoms with E-state index < -0.39 is 27.9 Å². The highest BCUT2D eigenvalue weighted by Crippen LogP contribution is 2.40. The first-order valence-electron chi connectivity index (χ1n) is 14.8. The Morgan fingerprint density at radius 3 is 2.68 bits per heavy atom. The van der Waals surface area contributed by atoms with Crippen molar-refractivity contribution >= 4 is 15.7 Å². The predicted octanol–water partition coefficient (Wildman–Crippen LogP) is 4.31. The van der Waals surface area contributed by atoms with E-state index in [1.807, 2.05) is 30.3 Å². The quantitative estimate of drug-likeness (QED) is 0.478. The topological polar surface area (TPSA) is 114 Å². The van der Waals surface area contributed by atoms with E-state index in [0.717, 1.165) is 23.3 Å². The molecule has 2 aromatic carbocycles. The molecule has 226 valence electrons. The molecule has 2 bridgehead atoms. The van der Waals surface area contributed by atoms with Gasteiger partial charge in [-0.3, -0.25) is 4.79 Å². The molecule has 3 N–H and O–H groups in total. The molecule has 8 nitrogen and oxygen atoms in total. The number of fused-ring (bicyclic) bond motifs is 3. The van der Waals surface area contributed by atoms with Crippen LogP contribution in [-0.2, 0) is 21.1 Å². The summed E-state index contributed by atoms with van der Waals surface area (Å²) in [5, 5.41) is 18.0. The van der Waals surface area contributed by atoms with Gasteiger partial charge < -0.3 is 25.2 Å². The summed E-state index contributed by atoms with van der Waals surface area (Å²) in [6, 6.07) is 13.3. The summed E-state index contributed by atoms with van der Waals surface area (Å²) in [5.74, 6) is 0.592. The number of rotatable bonds is 5. The van der Waals surface area contributed by atoms with Gasteiger partial charge in [-0.25, -0.2) is 8.42 Å². The molecule has 4 rings (SSSR count). The average molecular weight is 587 g/mol. The number of hydrogen-bond acceptors (Lipinski definition) is 7. The van der Waals surface area contributed by atoms with Crippen molar-refractivity contribution in [2.24, 2.45) is 5.92 Å². The molecule has 0 fully saturated rings. The number of carbonyl (C=O) groups is 1. The smallest absolute Gasteiger partial charge is 0.224 e. The molecule has 0 aromatic heterocycles. The van der Waals surface area contributed by atoms with Crippen LogP contribution >= 0.6 is 0 Å². The van der Waals surface area contributed by atoms with E-state index in [4.69, 9.17) is 9.47 Å². The zero-order chi connectivity index (χ0) is 29.8. The molecule has 2 aliphatic heterocycles. The second-order valence-corrected chi connectivity index (χ2v) is 14.8. The van der Waals surface area contributed by atoms with Crippen LogP contribution in [0, 0.1) is 5.92 Å². The van der Waals surface area contributed by atoms with Crippen molar-refractivity contribution in [3.63, 3.8) is 0 Å². The molecule has 0 saturated carbocycles. The summed E-state index contributed by atoms with van der Waals surface area (Å²) >= 11 is 0. The number of hydrogen-bond donors (Lipinski definition) is 3. The summed E-state index contributed by atoms with van der Waals surface area (Å²) in [6.45, 7) is 10.7. The second-order valence-electron chi connectivity index (χ2n) is 12.6. The largest absolute Gasteiger partial charge is 0.494 e. The lowest BCUT2D eigenvalue weighted by Crippen LogP contribution is -2.51. The van der Waals surface area contributed by atoms with Crippen LogP contribution in [-0.4, -0.2) is 61.8 Å². The first-order chi connectivity index (χ1) is 19.3. The minimum atomic E-state index is -3.39. The van der Waals surface area contributed by atoms with Gasteiger partial charge in [0.2, 0.25) is 5.91 Å². The number of benzene rings is 2. The molecule has 4 atom stereocenters. The SMILES string of the molecule is CC(C)c1ccc2c(c1)C(NC[C@@H](O)[C@@H]1Cc3cccc(c3)OCCCCS(=O)(=O)C[C@@H](C)C(=O)N1)CC(C)(C)O2. The van der Waals surface area contributed by atoms with Crippen molar-refractivity contribution in [2.45, 2.75) is 90.0 Å². The van der Waals surface area contributed by atoms with Crippen molar-refractivity contribution in [1.29, 1.82) is 0 Å². The van der Waals surface area contributed by atoms with E-state index in [9.17, 15) is 18.3 Å². The molecule has 0 radical (unpaired) electrons. The molecular weight excluding hydrogens is 540 g/mol. The molecule has 41 heavy (non-hydrogen) atoms. The van der Waals surface area contributed by atoms with Gasteiger partial charge >= 0.3 is 0 Å². The number of sulfone groups is 1. The Hall–Kier alpha value is -2.62. The monoisotopic (exact) mass is 586 g/mol. The highest BCUT2D eigenvalue weighted by Gasteiger charge is 2.35. The van der Waals surface area contributed by atoms with E-state index >= 15 is 0 Å². The van der Waals surface area contributed by atoms with Gasteiger partial charge in [-0.15, -0.1) is 0 Å². The second kappa shape index (κ2) is 13.1. The minimum Gasteiger partial charge on any atom is -0.494 e. The van der Waals surface area contributed by atoms with Crippen molar-refractivity contribution in [3.05, 3.63) is 59.2 Å². The van der Waals surface area contributed by atoms with Gasteiger partial charge in [0.1, 0.15) is 17.1 Å². The third-order valence-corrected chi connectivity index (χ3v) is 9.87. The average Bonchev–Trinajstić information content (AvgIpc) is 2.89. The summed E-state index contributed by atoms with van der Waals surface area (Å²) in [7, 11) is -3.39. The number of aliphatic hydroxyl groups is 1. The van der Waals surface area contributed by atoms with Crippen LogP contribution in [0.2, 0.25) is 0 Å². The molecule has 0 saturated heterocycles. The first kappa shape index (κ1) is 31.3. The third kappa shape index (κ3) is 8.69. The number of ether oxygens (including phenoxy) is 2. The van der Waals surface area contributed by atoms with Crippen LogP contribution in [0.15, 0.2) is 42.5 Å². The van der Waals surface area contributed by atoms with Gasteiger partial charge in [0.15, 0.2) is 9.84 Å². The lowest BCUT2D eigenvalue weighted by Gasteiger charge is -2.39. The van der Waals surface area contributed by atoms with Crippen molar-refractivity contribution in [2.75, 3.05) is 24.7 Å². The van der Waals surface area contributed by atoms with Gasteiger partial charge in [-0.1, -0.05) is 45.0 Å². The van der Waals surface area contributed by atoms with Crippen LogP contribution in [0.1, 0.15) is 82.5 Å². The molecule has 2 aliphatic rings. The standard InChI is InChI=1S/C32H46N2O6S/c1-21(2)24-11-12-30-26(17-24)28(18-32(4,5)40-30)33-19-29(35)27-16-23-9-8-10-25(15-23)39-13-6-7-14-41(37,38)20-22(3)31(36)34-27/h8-12,15,17,21-22,27-29,33,35H,6-7,13-14,16,18-20H2,1-5H3,(H,34,36)/t22-,27+,28?,29-/m1/s1. The maximum atomic E-state index is 13.2. The van der Waals surface area contributed by atoms with Gasteiger partial charge in [0, 0.05) is 30.5 Å². The van der Waals surface area contributed by atoms with Crippen LogP contribution in [0.4, 0.5) is 0 Å². The number of carbonyl (C=O) groups excluding carboxylic acids is 1. The highest BCUT2D eigenvalue weighted by molar-refractivity contribution is 7.91. The Balaban J connectivity index is 1.55. The Kier molecular flexibility index (Phi) is 10.0. The summed E-state index contributed by atoms with van der Waals surface area (Å²) < 4.78 is 37.4. The van der Waals surface area contributed by atoms with E-state index in [-0.39, 0.29) is 35.6 Å². The van der Waals surface area contributed by atoms with Crippen molar-refractivity contribution < 1.29 is 27.8 Å². The lowest BCUT2D eigenvalue weighted by atomic mass is 9.87. The van der Waals surface area contributed by atoms with E-state index in [2.05, 4.69) is 50.5 Å². The Labute approximate surface area is 245 Å². The fraction of sp³-hybridized carbons (Fsp3) is 0.594. The zero-order valence-electron chi connectivity index (χ0n) is 25.0. The van der Waals surface area contributed by atoms with Crippen LogP contribution in [0.5, 0.6) is 11.5 Å². The maximum absolute atomic E-state index is 13.2. The Morgan fingerprint density at radius 2 is 1.93 bits per heavy atom. The summed E-state index contributed by atoms with van der Waals surface area (Å²) in [6.07, 6.45) is 1.26. The normalized spacial score (nSPS) is 25.4. The zero-order valence-corrected chi connectivity index (χ0v) is 25.8. The maximum Gasteiger partial charge on any atom is 0.224 e. The number of aliphatic hydroxyl groups excluding tert-OH is 1. The minimum absolute atomic E-state index is 0.0193. The highest BCUT2D eigenvalue weighted by atomic mass is 32.2. The Bertz CT molecular complexity index is 1310. The van der Waals surface area contributed by atoms with Crippen LogP contribution < -0.4 is 20.1 Å². The molecule has 1 amide bonds. The molecule has 2 heterocycles. The van der Waals surface area contributed by atoms with E-state index in [1.54, 1.807) is 6.92 Å². The molecular formula is C32H46N2O6S. The van der Waals surface area contributed by atoms with Crippen molar-refractivity contribution in [1.82, 2.24) is 10.6 Å². The predicted molar refractivity (Wildman–Crippen MR) is 161 cm³/mol. The third-order valence-electron chi connectivity index (χ3n) is 7.95. The molecule has 1 unspecified atom stereocenters. The van der Waals surface area contributed by atoms with E-state index in [1.165, 1.54) is 5.56 Å². The fourth-order valence-electron chi connectivity index (χ4n) is 5.60. The lowest BCUT2D eigenvalue weighted by molar-refractivity contribution is -0.125. The number of amides is 1. The Morgan fingerprint density at radius 1 is 1.15 bits per heavy atom. The van der Waals surface area contributed by atoms with Crippen LogP contribution in [0.3, 0.4) is 0 Å². The molecule has 0 aliphatic carbocycles. The van der Waals surface area contributed by atoms with Gasteiger partial charge in [-0.2, -0.15) is 0 Å². The van der Waals surface area contributed by atoms with Crippen molar-refractivity contribution in [3.8, 4) is 11.5 Å². The van der Waals surface area contributed by atoms with Crippen LogP contribution in [0.25, 0.3) is 0 Å². The summed E-state index contributed by atoms with van der Waals surface area (Å²) in [4.78, 5) is 13.2. The molecule has 2 aromatic rings. The van der Waals surface area contributed by atoms with E-state index in [0.29, 0.717) is 37.5 Å². The number of nitrogens with one attached hydrogen (secondary N) is 2. The molecule has 0 spiro atoms. The first-order valence-corrected chi connectivity index (χ1v) is 16.6. The van der Waals surface area contributed by atoms with Gasteiger partial charge in [-0.05, 0) is 68.4 Å². The van der Waals surface area contributed by atoms with Gasteiger partial charge in [0.05, 0.1) is 30.3 Å². The van der Waals surface area contributed by atoms with Gasteiger partial charge in [0.25, 0.3) is 0 Å². The molecule has 9 heteroatoms. The fourth-order valence-corrected chi connectivity index (χ4v) is 7.32.